The summed E-state index contributed by atoms with van der Waals surface area (Å²) in [5.74, 6) is -0.489. The molecule has 0 radical (unpaired) electrons. The maximum atomic E-state index is 12.4. The van der Waals surface area contributed by atoms with Crippen molar-refractivity contribution in [2.45, 2.75) is 6.92 Å². The topological polar surface area (TPSA) is 84.5 Å². The van der Waals surface area contributed by atoms with Gasteiger partial charge >= 0.3 is 12.0 Å². The van der Waals surface area contributed by atoms with Crippen molar-refractivity contribution >= 4 is 29.2 Å². The van der Waals surface area contributed by atoms with Crippen molar-refractivity contribution in [2.75, 3.05) is 17.2 Å². The molecular formula is C23H20N2O4. The van der Waals surface area contributed by atoms with Gasteiger partial charge in [0.25, 0.3) is 0 Å². The summed E-state index contributed by atoms with van der Waals surface area (Å²) in [6, 6.07) is 21.6. The van der Waals surface area contributed by atoms with E-state index in [0.29, 0.717) is 34.7 Å². The fourth-order valence-corrected chi connectivity index (χ4v) is 2.66. The number of esters is 1. The number of anilines is 2. The van der Waals surface area contributed by atoms with E-state index in [1.54, 1.807) is 67.6 Å². The van der Waals surface area contributed by atoms with Crippen LogP contribution in [0.4, 0.5) is 16.2 Å². The third kappa shape index (κ3) is 5.29. The van der Waals surface area contributed by atoms with Gasteiger partial charge in [0.2, 0.25) is 0 Å². The summed E-state index contributed by atoms with van der Waals surface area (Å²) in [7, 11) is 0. The molecule has 2 amide bonds. The van der Waals surface area contributed by atoms with Crippen LogP contribution in [-0.2, 0) is 4.74 Å². The van der Waals surface area contributed by atoms with Crippen molar-refractivity contribution in [1.82, 2.24) is 0 Å². The molecule has 0 saturated carbocycles. The van der Waals surface area contributed by atoms with Crippen molar-refractivity contribution in [3.05, 3.63) is 95.6 Å². The molecule has 146 valence electrons. The summed E-state index contributed by atoms with van der Waals surface area (Å²) in [5.41, 5.74) is 2.65. The molecule has 0 aliphatic carbocycles. The molecule has 3 rings (SSSR count). The fourth-order valence-electron chi connectivity index (χ4n) is 2.66. The Morgan fingerprint density at radius 1 is 0.690 bits per heavy atom. The average molecular weight is 388 g/mol. The van der Waals surface area contributed by atoms with Crippen LogP contribution in [0.25, 0.3) is 0 Å². The maximum absolute atomic E-state index is 12.4. The van der Waals surface area contributed by atoms with Gasteiger partial charge in [0.15, 0.2) is 5.78 Å². The van der Waals surface area contributed by atoms with Crippen molar-refractivity contribution in [3.63, 3.8) is 0 Å². The highest BCUT2D eigenvalue weighted by molar-refractivity contribution is 6.09. The molecule has 0 bridgehead atoms. The zero-order chi connectivity index (χ0) is 20.6. The summed E-state index contributed by atoms with van der Waals surface area (Å²) in [6.45, 7) is 2.04. The highest BCUT2D eigenvalue weighted by Gasteiger charge is 2.10. The van der Waals surface area contributed by atoms with Gasteiger partial charge in [-0.05, 0) is 55.5 Å². The average Bonchev–Trinajstić information content (AvgIpc) is 2.75. The van der Waals surface area contributed by atoms with Gasteiger partial charge in [-0.1, -0.05) is 30.3 Å². The molecule has 0 aliphatic rings. The number of urea groups is 1. The van der Waals surface area contributed by atoms with E-state index >= 15 is 0 Å². The number of hydrogen-bond donors (Lipinski definition) is 2. The second kappa shape index (κ2) is 9.32. The Hall–Kier alpha value is -3.93. The van der Waals surface area contributed by atoms with Crippen molar-refractivity contribution < 1.29 is 19.1 Å². The van der Waals surface area contributed by atoms with Gasteiger partial charge < -0.3 is 15.4 Å². The Morgan fingerprint density at radius 2 is 1.17 bits per heavy atom. The molecule has 0 aliphatic heterocycles. The molecule has 0 saturated heterocycles. The lowest BCUT2D eigenvalue weighted by atomic mass is 10.0. The van der Waals surface area contributed by atoms with Crippen LogP contribution in [0.3, 0.4) is 0 Å². The third-order valence-corrected chi connectivity index (χ3v) is 4.09. The van der Waals surface area contributed by atoms with Crippen LogP contribution in [0, 0.1) is 0 Å². The highest BCUT2D eigenvalue weighted by Crippen LogP contribution is 2.15. The molecule has 2 N–H and O–H groups in total. The van der Waals surface area contributed by atoms with Crippen LogP contribution in [0.2, 0.25) is 0 Å². The van der Waals surface area contributed by atoms with Gasteiger partial charge in [-0.3, -0.25) is 4.79 Å². The minimum Gasteiger partial charge on any atom is -0.462 e. The minimum absolute atomic E-state index is 0.0803. The lowest BCUT2D eigenvalue weighted by Gasteiger charge is -2.09. The van der Waals surface area contributed by atoms with E-state index in [1.165, 1.54) is 0 Å². The number of ketones is 1. The van der Waals surface area contributed by atoms with E-state index in [-0.39, 0.29) is 5.78 Å². The number of amides is 2. The number of nitrogens with one attached hydrogen (secondary N) is 2. The van der Waals surface area contributed by atoms with E-state index in [2.05, 4.69) is 10.6 Å². The molecule has 0 atom stereocenters. The standard InChI is InChI=1S/C23H20N2O4/c1-2-29-22(27)18-10-14-20(15-11-18)25-23(28)24-19-12-8-17(9-13-19)21(26)16-6-4-3-5-7-16/h3-15H,2H2,1H3,(H2,24,25,28). The summed E-state index contributed by atoms with van der Waals surface area (Å²) < 4.78 is 4.92. The van der Waals surface area contributed by atoms with Crippen LogP contribution in [-0.4, -0.2) is 24.4 Å². The second-order valence-corrected chi connectivity index (χ2v) is 6.15. The first kappa shape index (κ1) is 19.8. The first-order valence-electron chi connectivity index (χ1n) is 9.12. The Labute approximate surface area is 168 Å². The number of carbonyl (C=O) groups is 3. The summed E-state index contributed by atoms with van der Waals surface area (Å²) >= 11 is 0. The number of benzene rings is 3. The molecule has 0 spiro atoms. The van der Waals surface area contributed by atoms with E-state index in [1.807, 2.05) is 18.2 Å². The molecule has 0 fully saturated rings. The molecule has 6 heteroatoms. The second-order valence-electron chi connectivity index (χ2n) is 6.15. The van der Waals surface area contributed by atoms with Crippen LogP contribution in [0.15, 0.2) is 78.9 Å². The summed E-state index contributed by atoms with van der Waals surface area (Å²) in [4.78, 5) is 36.2. The largest absolute Gasteiger partial charge is 0.462 e. The predicted molar refractivity (Wildman–Crippen MR) is 111 cm³/mol. The van der Waals surface area contributed by atoms with Gasteiger partial charge in [0.1, 0.15) is 0 Å². The third-order valence-electron chi connectivity index (χ3n) is 4.09. The van der Waals surface area contributed by atoms with Gasteiger partial charge in [-0.15, -0.1) is 0 Å². The molecule has 29 heavy (non-hydrogen) atoms. The van der Waals surface area contributed by atoms with Crippen LogP contribution in [0.1, 0.15) is 33.2 Å². The molecule has 0 heterocycles. The minimum atomic E-state index is -0.434. The van der Waals surface area contributed by atoms with Gasteiger partial charge in [0, 0.05) is 22.5 Å². The van der Waals surface area contributed by atoms with E-state index in [4.69, 9.17) is 4.74 Å². The Bertz CT molecular complexity index is 997. The Morgan fingerprint density at radius 3 is 1.69 bits per heavy atom. The number of ether oxygens (including phenoxy) is 1. The van der Waals surface area contributed by atoms with Gasteiger partial charge in [0.05, 0.1) is 12.2 Å². The SMILES string of the molecule is CCOC(=O)c1ccc(NC(=O)Nc2ccc(C(=O)c3ccccc3)cc2)cc1. The monoisotopic (exact) mass is 388 g/mol. The van der Waals surface area contributed by atoms with Crippen LogP contribution >= 0.6 is 0 Å². The van der Waals surface area contributed by atoms with E-state index < -0.39 is 12.0 Å². The molecule has 3 aromatic rings. The fraction of sp³-hybridized carbons (Fsp3) is 0.0870. The van der Waals surface area contributed by atoms with Crippen molar-refractivity contribution in [2.24, 2.45) is 0 Å². The van der Waals surface area contributed by atoms with Gasteiger partial charge in [-0.2, -0.15) is 0 Å². The maximum Gasteiger partial charge on any atom is 0.338 e. The Balaban J connectivity index is 1.58. The molecule has 0 aromatic heterocycles. The zero-order valence-corrected chi connectivity index (χ0v) is 15.8. The zero-order valence-electron chi connectivity index (χ0n) is 15.8. The first-order chi connectivity index (χ1) is 14.1. The molecule has 6 nitrogen and oxygen atoms in total. The van der Waals surface area contributed by atoms with Gasteiger partial charge in [-0.25, -0.2) is 9.59 Å². The normalized spacial score (nSPS) is 10.1. The Kier molecular flexibility index (Phi) is 6.37. The molecule has 3 aromatic carbocycles. The van der Waals surface area contributed by atoms with Crippen molar-refractivity contribution in [3.8, 4) is 0 Å². The number of hydrogen-bond acceptors (Lipinski definition) is 4. The number of carbonyl (C=O) groups excluding carboxylic acids is 3. The number of rotatable bonds is 6. The van der Waals surface area contributed by atoms with Crippen molar-refractivity contribution in [1.29, 1.82) is 0 Å². The first-order valence-corrected chi connectivity index (χ1v) is 9.12. The quantitative estimate of drug-likeness (QED) is 0.472. The molecular weight excluding hydrogens is 368 g/mol. The lowest BCUT2D eigenvalue weighted by molar-refractivity contribution is 0.0526. The van der Waals surface area contributed by atoms with E-state index in [0.717, 1.165) is 0 Å². The highest BCUT2D eigenvalue weighted by atomic mass is 16.5. The van der Waals surface area contributed by atoms with Crippen LogP contribution < -0.4 is 10.6 Å². The lowest BCUT2D eigenvalue weighted by Crippen LogP contribution is -2.19. The predicted octanol–water partition coefficient (Wildman–Crippen LogP) is 4.74. The molecule has 0 unspecified atom stereocenters. The summed E-state index contributed by atoms with van der Waals surface area (Å²) in [6.07, 6.45) is 0. The summed E-state index contributed by atoms with van der Waals surface area (Å²) in [5, 5.41) is 5.38. The van der Waals surface area contributed by atoms with Crippen LogP contribution in [0.5, 0.6) is 0 Å². The van der Waals surface area contributed by atoms with E-state index in [9.17, 15) is 14.4 Å². The smallest absolute Gasteiger partial charge is 0.338 e.